The molecule has 1 aromatic carbocycles. The molecule has 0 aromatic heterocycles. The van der Waals surface area contributed by atoms with Crippen LogP contribution < -0.4 is 0 Å². The van der Waals surface area contributed by atoms with Gasteiger partial charge in [0.2, 0.25) is 0 Å². The molecule has 0 saturated carbocycles. The van der Waals surface area contributed by atoms with Crippen molar-refractivity contribution in [2.24, 2.45) is 0 Å². The lowest BCUT2D eigenvalue weighted by Gasteiger charge is -2.08. The fourth-order valence-corrected chi connectivity index (χ4v) is 2.55. The summed E-state index contributed by atoms with van der Waals surface area (Å²) in [5.41, 5.74) is 1.96. The van der Waals surface area contributed by atoms with Gasteiger partial charge in [0, 0.05) is 0 Å². The molecular weight excluding hydrogens is 272 g/mol. The van der Waals surface area contributed by atoms with Crippen molar-refractivity contribution in [3.8, 4) is 0 Å². The molecule has 0 fully saturated rings. The highest BCUT2D eigenvalue weighted by atomic mass is 16.5. The van der Waals surface area contributed by atoms with E-state index in [1.54, 1.807) is 0 Å². The first kappa shape index (κ1) is 18.7. The monoisotopic (exact) mass is 304 g/mol. The van der Waals surface area contributed by atoms with Crippen molar-refractivity contribution in [1.82, 2.24) is 0 Å². The quantitative estimate of drug-likeness (QED) is 0.374. The Balaban J connectivity index is 2.18. The van der Waals surface area contributed by atoms with E-state index >= 15 is 0 Å². The van der Waals surface area contributed by atoms with Crippen LogP contribution in [-0.4, -0.2) is 12.1 Å². The number of carbonyl (C=O) groups excluding carboxylic acids is 1. The molecule has 1 rings (SSSR count). The van der Waals surface area contributed by atoms with Gasteiger partial charge in [-0.1, -0.05) is 64.0 Å². The number of benzene rings is 1. The van der Waals surface area contributed by atoms with Gasteiger partial charge in [0.15, 0.2) is 0 Å². The first-order chi connectivity index (χ1) is 10.6. The lowest BCUT2D eigenvalue weighted by atomic mass is 10.0. The predicted molar refractivity (Wildman–Crippen MR) is 93.3 cm³/mol. The van der Waals surface area contributed by atoms with Crippen molar-refractivity contribution < 1.29 is 9.53 Å². The van der Waals surface area contributed by atoms with Crippen LogP contribution in [0.25, 0.3) is 0 Å². The van der Waals surface area contributed by atoms with E-state index in [0.717, 1.165) is 6.42 Å². The lowest BCUT2D eigenvalue weighted by molar-refractivity contribution is 0.0378. The predicted octanol–water partition coefficient (Wildman–Crippen LogP) is 5.94. The summed E-state index contributed by atoms with van der Waals surface area (Å²) in [7, 11) is 0. The second-order valence-corrected chi connectivity index (χ2v) is 6.38. The van der Waals surface area contributed by atoms with Gasteiger partial charge in [0.1, 0.15) is 0 Å². The van der Waals surface area contributed by atoms with Crippen LogP contribution >= 0.6 is 0 Å². The third-order valence-corrected chi connectivity index (χ3v) is 3.85. The average Bonchev–Trinajstić information content (AvgIpc) is 2.50. The molecule has 0 unspecified atom stereocenters. The zero-order chi connectivity index (χ0) is 16.2. The molecule has 0 aliphatic carbocycles. The first-order valence-corrected chi connectivity index (χ1v) is 8.93. The third-order valence-electron chi connectivity index (χ3n) is 3.85. The summed E-state index contributed by atoms with van der Waals surface area (Å²) in [5.74, 6) is -0.228. The fourth-order valence-electron chi connectivity index (χ4n) is 2.55. The lowest BCUT2D eigenvalue weighted by Crippen LogP contribution is -2.11. The van der Waals surface area contributed by atoms with E-state index in [9.17, 15) is 4.79 Å². The summed E-state index contributed by atoms with van der Waals surface area (Å²) >= 11 is 0. The van der Waals surface area contributed by atoms with E-state index in [4.69, 9.17) is 4.74 Å². The van der Waals surface area contributed by atoms with Gasteiger partial charge < -0.3 is 4.74 Å². The maximum Gasteiger partial charge on any atom is 0.338 e. The summed E-state index contributed by atoms with van der Waals surface area (Å²) < 4.78 is 5.19. The molecule has 0 spiro atoms. The minimum absolute atomic E-state index is 0.0653. The van der Waals surface area contributed by atoms with Crippen molar-refractivity contribution in [3.63, 3.8) is 0 Å². The van der Waals surface area contributed by atoms with Gasteiger partial charge in [-0.2, -0.15) is 0 Å². The van der Waals surface area contributed by atoms with E-state index < -0.39 is 0 Å². The van der Waals surface area contributed by atoms with Crippen LogP contribution in [0.3, 0.4) is 0 Å². The standard InChI is InChI=1S/C20H32O2/c1-4-5-6-7-8-9-10-11-12-18-13-15-19(16-14-18)20(21)22-17(2)3/h13-17H,4-12H2,1-3H3. The van der Waals surface area contributed by atoms with Crippen molar-refractivity contribution in [1.29, 1.82) is 0 Å². The third kappa shape index (κ3) is 8.21. The highest BCUT2D eigenvalue weighted by molar-refractivity contribution is 5.89. The Hall–Kier alpha value is -1.31. The number of hydrogen-bond donors (Lipinski definition) is 0. The maximum absolute atomic E-state index is 11.8. The van der Waals surface area contributed by atoms with Crippen LogP contribution in [0.1, 0.15) is 88.1 Å². The number of hydrogen-bond acceptors (Lipinski definition) is 2. The molecule has 1 aromatic rings. The summed E-state index contributed by atoms with van der Waals surface area (Å²) in [4.78, 5) is 11.8. The van der Waals surface area contributed by atoms with Crippen LogP contribution in [0.4, 0.5) is 0 Å². The van der Waals surface area contributed by atoms with Gasteiger partial charge in [-0.25, -0.2) is 4.79 Å². The van der Waals surface area contributed by atoms with Crippen LogP contribution in [0.15, 0.2) is 24.3 Å². The summed E-state index contributed by atoms with van der Waals surface area (Å²) in [6, 6.07) is 7.87. The Morgan fingerprint density at radius 3 is 2.00 bits per heavy atom. The number of ether oxygens (including phenoxy) is 1. The molecule has 0 amide bonds. The topological polar surface area (TPSA) is 26.3 Å². The van der Waals surface area contributed by atoms with Crippen LogP contribution in [0.5, 0.6) is 0 Å². The molecule has 2 nitrogen and oxygen atoms in total. The minimum Gasteiger partial charge on any atom is -0.459 e. The van der Waals surface area contributed by atoms with Gasteiger partial charge in [-0.15, -0.1) is 0 Å². The van der Waals surface area contributed by atoms with Crippen LogP contribution in [-0.2, 0) is 11.2 Å². The maximum atomic E-state index is 11.8. The number of aryl methyl sites for hydroxylation is 1. The largest absolute Gasteiger partial charge is 0.459 e. The first-order valence-electron chi connectivity index (χ1n) is 8.93. The molecule has 0 aliphatic heterocycles. The van der Waals surface area contributed by atoms with Crippen LogP contribution in [0.2, 0.25) is 0 Å². The Bertz CT molecular complexity index is 406. The summed E-state index contributed by atoms with van der Waals surface area (Å²) in [6.45, 7) is 6.00. The molecule has 0 atom stereocenters. The van der Waals surface area contributed by atoms with E-state index in [0.29, 0.717) is 5.56 Å². The summed E-state index contributed by atoms with van der Waals surface area (Å²) in [5, 5.41) is 0. The smallest absolute Gasteiger partial charge is 0.338 e. The van der Waals surface area contributed by atoms with Gasteiger partial charge in [-0.05, 0) is 44.4 Å². The zero-order valence-corrected chi connectivity index (χ0v) is 14.6. The van der Waals surface area contributed by atoms with E-state index in [1.165, 1.54) is 56.9 Å². The SMILES string of the molecule is CCCCCCCCCCc1ccc(C(=O)OC(C)C)cc1. The fraction of sp³-hybridized carbons (Fsp3) is 0.650. The Morgan fingerprint density at radius 1 is 0.909 bits per heavy atom. The molecule has 0 heterocycles. The second-order valence-electron chi connectivity index (χ2n) is 6.38. The molecule has 0 saturated heterocycles. The Labute approximate surface area is 136 Å². The number of esters is 1. The van der Waals surface area contributed by atoms with E-state index in [1.807, 2.05) is 26.0 Å². The normalized spacial score (nSPS) is 10.9. The number of rotatable bonds is 11. The zero-order valence-electron chi connectivity index (χ0n) is 14.6. The molecule has 22 heavy (non-hydrogen) atoms. The van der Waals surface area contributed by atoms with Gasteiger partial charge in [0.05, 0.1) is 11.7 Å². The number of unbranched alkanes of at least 4 members (excludes halogenated alkanes) is 7. The molecular formula is C20H32O2. The van der Waals surface area contributed by atoms with Gasteiger partial charge >= 0.3 is 5.97 Å². The van der Waals surface area contributed by atoms with Crippen LogP contribution in [0, 0.1) is 0 Å². The molecule has 124 valence electrons. The van der Waals surface area contributed by atoms with Gasteiger partial charge in [0.25, 0.3) is 0 Å². The molecule has 2 heteroatoms. The van der Waals surface area contributed by atoms with Crippen molar-refractivity contribution in [3.05, 3.63) is 35.4 Å². The molecule has 0 radical (unpaired) electrons. The molecule has 0 N–H and O–H groups in total. The van der Waals surface area contributed by atoms with E-state index in [-0.39, 0.29) is 12.1 Å². The molecule has 0 bridgehead atoms. The minimum atomic E-state index is -0.228. The molecule has 0 aliphatic rings. The van der Waals surface area contributed by atoms with Gasteiger partial charge in [-0.3, -0.25) is 0 Å². The van der Waals surface area contributed by atoms with Crippen molar-refractivity contribution >= 4 is 5.97 Å². The highest BCUT2D eigenvalue weighted by Gasteiger charge is 2.08. The average molecular weight is 304 g/mol. The Kier molecular flexibility index (Phi) is 9.61. The summed E-state index contributed by atoms with van der Waals surface area (Å²) in [6.07, 6.45) is 11.8. The van der Waals surface area contributed by atoms with Crippen molar-refractivity contribution in [2.45, 2.75) is 84.7 Å². The Morgan fingerprint density at radius 2 is 1.45 bits per heavy atom. The highest BCUT2D eigenvalue weighted by Crippen LogP contribution is 2.13. The van der Waals surface area contributed by atoms with E-state index in [2.05, 4.69) is 19.1 Å². The second kappa shape index (κ2) is 11.3. The number of carbonyl (C=O) groups is 1. The van der Waals surface area contributed by atoms with Crippen molar-refractivity contribution in [2.75, 3.05) is 0 Å².